The van der Waals surface area contributed by atoms with Crippen LogP contribution in [0.2, 0.25) is 5.02 Å². The molecule has 9 heteroatoms. The molecule has 0 unspecified atom stereocenters. The van der Waals surface area contributed by atoms with Crippen LogP contribution in [0.15, 0.2) is 54.7 Å². The Morgan fingerprint density at radius 3 is 2.23 bits per heavy atom. The highest BCUT2D eigenvalue weighted by molar-refractivity contribution is 6.30. The molecule has 0 bridgehead atoms. The van der Waals surface area contributed by atoms with Gasteiger partial charge in [0.05, 0.1) is 28.6 Å². The van der Waals surface area contributed by atoms with Gasteiger partial charge in [-0.3, -0.25) is 14.8 Å². The number of hydrogen-bond acceptors (Lipinski definition) is 7. The number of amides is 1. The van der Waals surface area contributed by atoms with Gasteiger partial charge in [0.2, 0.25) is 6.41 Å². The van der Waals surface area contributed by atoms with Gasteiger partial charge in [0.1, 0.15) is 18.1 Å². The molecule has 0 aliphatic carbocycles. The van der Waals surface area contributed by atoms with Crippen LogP contribution in [-0.2, 0) is 11.4 Å². The zero-order valence-electron chi connectivity index (χ0n) is 21.3. The number of carbonyl (C=O) groups is 1. The minimum Gasteiger partial charge on any atom is -0.493 e. The van der Waals surface area contributed by atoms with Crippen LogP contribution in [0.25, 0.3) is 11.3 Å². The topological polar surface area (TPSA) is 107 Å². The SMILES string of the molecule is CC.CCOc1cccc(N(C)N)c1COc1ccc(-c2ccc(Cl)cn2)cc1C.CN(N)C=O. The van der Waals surface area contributed by atoms with Crippen LogP contribution in [0.1, 0.15) is 31.9 Å². The van der Waals surface area contributed by atoms with Crippen LogP contribution in [0.4, 0.5) is 5.69 Å². The number of anilines is 1. The van der Waals surface area contributed by atoms with Crippen molar-refractivity contribution in [3.63, 3.8) is 0 Å². The second-order valence-electron chi connectivity index (χ2n) is 7.20. The Hall–Kier alpha value is -3.33. The molecule has 1 aromatic heterocycles. The van der Waals surface area contributed by atoms with E-state index in [1.165, 1.54) is 7.05 Å². The quantitative estimate of drug-likeness (QED) is 0.194. The van der Waals surface area contributed by atoms with E-state index < -0.39 is 0 Å². The van der Waals surface area contributed by atoms with Crippen molar-refractivity contribution < 1.29 is 14.3 Å². The summed E-state index contributed by atoms with van der Waals surface area (Å²) in [6.07, 6.45) is 2.17. The molecule has 0 spiro atoms. The first-order valence-electron chi connectivity index (χ1n) is 11.3. The monoisotopic (exact) mass is 501 g/mol. The lowest BCUT2D eigenvalue weighted by Gasteiger charge is -2.20. The number of aryl methyl sites for hydroxylation is 1. The fourth-order valence-electron chi connectivity index (χ4n) is 2.99. The summed E-state index contributed by atoms with van der Waals surface area (Å²) in [6.45, 7) is 8.90. The van der Waals surface area contributed by atoms with Gasteiger partial charge < -0.3 is 14.5 Å². The van der Waals surface area contributed by atoms with E-state index in [0.29, 0.717) is 24.6 Å². The van der Waals surface area contributed by atoms with Crippen LogP contribution >= 0.6 is 11.6 Å². The molecule has 3 aromatic rings. The highest BCUT2D eigenvalue weighted by atomic mass is 35.5. The largest absolute Gasteiger partial charge is 0.493 e. The van der Waals surface area contributed by atoms with E-state index in [4.69, 9.17) is 32.8 Å². The van der Waals surface area contributed by atoms with Crippen molar-refractivity contribution in [2.24, 2.45) is 11.7 Å². The molecule has 0 radical (unpaired) electrons. The molecule has 0 aliphatic heterocycles. The van der Waals surface area contributed by atoms with E-state index in [0.717, 1.165) is 44.6 Å². The molecule has 4 N–H and O–H groups in total. The van der Waals surface area contributed by atoms with Gasteiger partial charge in [-0.25, -0.2) is 11.7 Å². The summed E-state index contributed by atoms with van der Waals surface area (Å²) < 4.78 is 11.9. The van der Waals surface area contributed by atoms with Gasteiger partial charge in [0.25, 0.3) is 0 Å². The molecule has 190 valence electrons. The lowest BCUT2D eigenvalue weighted by molar-refractivity contribution is -0.117. The molecular weight excluding hydrogens is 466 g/mol. The van der Waals surface area contributed by atoms with Crippen LogP contribution in [0.5, 0.6) is 11.5 Å². The van der Waals surface area contributed by atoms with E-state index >= 15 is 0 Å². The minimum atomic E-state index is 0.354. The molecule has 0 fully saturated rings. The Balaban J connectivity index is 0.000000779. The summed E-state index contributed by atoms with van der Waals surface area (Å²) in [5, 5.41) is 3.14. The highest BCUT2D eigenvalue weighted by Gasteiger charge is 2.13. The predicted octanol–water partition coefficient (Wildman–Crippen LogP) is 4.97. The first kappa shape index (κ1) is 29.7. The van der Waals surface area contributed by atoms with E-state index in [1.54, 1.807) is 18.3 Å². The molecular formula is C26H36ClN5O3. The molecule has 0 saturated carbocycles. The average Bonchev–Trinajstić information content (AvgIpc) is 2.86. The number of ether oxygens (including phenoxy) is 2. The number of pyridine rings is 1. The Morgan fingerprint density at radius 2 is 1.71 bits per heavy atom. The highest BCUT2D eigenvalue weighted by Crippen LogP contribution is 2.31. The third-order valence-corrected chi connectivity index (χ3v) is 4.75. The van der Waals surface area contributed by atoms with Gasteiger partial charge in [-0.05, 0) is 61.9 Å². The molecule has 2 aromatic carbocycles. The summed E-state index contributed by atoms with van der Waals surface area (Å²) in [5.41, 5.74) is 4.68. The Kier molecular flexibility index (Phi) is 13.2. The molecule has 1 amide bonds. The molecule has 0 saturated heterocycles. The number of nitrogens with two attached hydrogens (primary N) is 2. The van der Waals surface area contributed by atoms with Gasteiger partial charge in [0, 0.05) is 25.9 Å². The van der Waals surface area contributed by atoms with E-state index in [1.807, 2.05) is 70.2 Å². The second-order valence-corrected chi connectivity index (χ2v) is 7.64. The molecule has 35 heavy (non-hydrogen) atoms. The van der Waals surface area contributed by atoms with E-state index in [-0.39, 0.29) is 0 Å². The van der Waals surface area contributed by atoms with E-state index in [2.05, 4.69) is 11.1 Å². The fourth-order valence-corrected chi connectivity index (χ4v) is 3.10. The maximum atomic E-state index is 9.31. The fraction of sp³-hybridized carbons (Fsp3) is 0.308. The Bertz CT molecular complexity index is 1040. The number of benzene rings is 2. The van der Waals surface area contributed by atoms with E-state index in [9.17, 15) is 4.79 Å². The van der Waals surface area contributed by atoms with Crippen LogP contribution < -0.4 is 26.2 Å². The normalized spacial score (nSPS) is 9.63. The summed E-state index contributed by atoms with van der Waals surface area (Å²) in [4.78, 5) is 13.7. The van der Waals surface area contributed by atoms with Gasteiger partial charge in [-0.1, -0.05) is 31.5 Å². The standard InChI is InChI=1S/C22H24ClN3O2.C2H6N2O.C2H6/c1-4-27-22-7-5-6-20(26(3)24)18(22)14-28-21-11-8-16(12-15(21)2)19-10-9-17(23)13-25-19;1-4(3)2-5;1-2/h5-13H,4,14,24H2,1-3H3;2H,3H2,1H3;1-2H3. The summed E-state index contributed by atoms with van der Waals surface area (Å²) in [6, 6.07) is 15.5. The van der Waals surface area contributed by atoms with Crippen molar-refractivity contribution in [1.29, 1.82) is 0 Å². The number of carbonyl (C=O) groups excluding carboxylic acids is 1. The minimum absolute atomic E-state index is 0.354. The number of nitrogens with zero attached hydrogens (tertiary/aromatic N) is 3. The summed E-state index contributed by atoms with van der Waals surface area (Å²) in [7, 11) is 3.26. The third-order valence-electron chi connectivity index (χ3n) is 4.52. The van der Waals surface area contributed by atoms with Crippen molar-refractivity contribution in [2.45, 2.75) is 34.3 Å². The second kappa shape index (κ2) is 15.5. The van der Waals surface area contributed by atoms with Gasteiger partial charge in [-0.2, -0.15) is 0 Å². The molecule has 8 nitrogen and oxygen atoms in total. The lowest BCUT2D eigenvalue weighted by Crippen LogP contribution is -2.26. The predicted molar refractivity (Wildman–Crippen MR) is 143 cm³/mol. The van der Waals surface area contributed by atoms with Gasteiger partial charge >= 0.3 is 0 Å². The Morgan fingerprint density at radius 1 is 1.03 bits per heavy atom. The van der Waals surface area contributed by atoms with Crippen LogP contribution in [0.3, 0.4) is 0 Å². The molecule has 1 heterocycles. The first-order chi connectivity index (χ1) is 16.8. The number of halogens is 1. The maximum Gasteiger partial charge on any atom is 0.223 e. The molecule has 0 aliphatic rings. The number of hydrazine groups is 2. The zero-order chi connectivity index (χ0) is 26.4. The summed E-state index contributed by atoms with van der Waals surface area (Å²) >= 11 is 5.92. The Labute approximate surface area is 213 Å². The third kappa shape index (κ3) is 9.44. The molecule has 3 rings (SSSR count). The lowest BCUT2D eigenvalue weighted by atomic mass is 10.1. The molecule has 0 atom stereocenters. The maximum absolute atomic E-state index is 9.31. The van der Waals surface area contributed by atoms with Crippen LogP contribution in [0, 0.1) is 6.92 Å². The van der Waals surface area contributed by atoms with Crippen molar-refractivity contribution in [2.75, 3.05) is 25.7 Å². The number of rotatable bonds is 8. The summed E-state index contributed by atoms with van der Waals surface area (Å²) in [5.74, 6) is 12.3. The number of aromatic nitrogens is 1. The number of hydrogen-bond donors (Lipinski definition) is 2. The average molecular weight is 502 g/mol. The van der Waals surface area contributed by atoms with Crippen molar-refractivity contribution in [3.8, 4) is 22.8 Å². The van der Waals surface area contributed by atoms with Gasteiger partial charge in [0.15, 0.2) is 0 Å². The van der Waals surface area contributed by atoms with Crippen molar-refractivity contribution >= 4 is 23.7 Å². The van der Waals surface area contributed by atoms with Crippen molar-refractivity contribution in [3.05, 3.63) is 70.9 Å². The first-order valence-corrected chi connectivity index (χ1v) is 11.7. The van der Waals surface area contributed by atoms with Crippen LogP contribution in [-0.4, -0.2) is 37.1 Å². The smallest absolute Gasteiger partial charge is 0.223 e. The van der Waals surface area contributed by atoms with Crippen molar-refractivity contribution in [1.82, 2.24) is 9.99 Å². The zero-order valence-corrected chi connectivity index (χ0v) is 22.0. The van der Waals surface area contributed by atoms with Gasteiger partial charge in [-0.15, -0.1) is 0 Å².